The fourth-order valence-corrected chi connectivity index (χ4v) is 8.20. The lowest BCUT2D eigenvalue weighted by molar-refractivity contribution is -0.840. The van der Waals surface area contributed by atoms with E-state index in [2.05, 4.69) is 44.8 Å². The summed E-state index contributed by atoms with van der Waals surface area (Å²) in [5.41, 5.74) is 0.862. The number of likely N-dealkylation sites (N-methyl/N-ethyl adjacent to an activating group) is 2. The number of rotatable bonds is 6. The first kappa shape index (κ1) is 33.7. The van der Waals surface area contributed by atoms with E-state index in [1.165, 1.54) is 12.1 Å². The van der Waals surface area contributed by atoms with Crippen molar-refractivity contribution in [3.63, 3.8) is 0 Å². The molecule has 2 saturated heterocycles. The maximum Gasteiger partial charge on any atom is 0.319 e. The van der Waals surface area contributed by atoms with Crippen LogP contribution in [0.1, 0.15) is 78.2 Å². The lowest BCUT2D eigenvalue weighted by Gasteiger charge is -2.43. The van der Waals surface area contributed by atoms with Gasteiger partial charge in [0.15, 0.2) is 6.04 Å². The Morgan fingerprint density at radius 3 is 2.36 bits per heavy atom. The van der Waals surface area contributed by atoms with Gasteiger partial charge in [-0.2, -0.15) is 0 Å². The number of benzene rings is 1. The smallest absolute Gasteiger partial charge is 0.319 e. The minimum atomic E-state index is -0.709. The first-order valence-electron chi connectivity index (χ1n) is 16.5. The first-order valence-corrected chi connectivity index (χ1v) is 16.5. The molecule has 0 aromatic heterocycles. The molecule has 5 rings (SSSR count). The van der Waals surface area contributed by atoms with Gasteiger partial charge < -0.3 is 15.0 Å². The molecule has 10 heteroatoms. The van der Waals surface area contributed by atoms with E-state index in [1.54, 1.807) is 7.05 Å². The van der Waals surface area contributed by atoms with E-state index in [0.717, 1.165) is 31.7 Å². The zero-order valence-corrected chi connectivity index (χ0v) is 28.0. The second-order valence-electron chi connectivity index (χ2n) is 15.6. The number of likely N-dealkylation sites (tertiary alicyclic amines) is 2. The molecule has 1 saturated carbocycles. The highest BCUT2D eigenvalue weighted by Crippen LogP contribution is 2.44. The minimum Gasteiger partial charge on any atom is -0.372 e. The Kier molecular flexibility index (Phi) is 9.34. The zero-order valence-electron chi connectivity index (χ0n) is 28.0. The SMILES string of the molecule is CNC(=O)[C@@H]1C[C@H](N(C(=O)C2=CCOC2)C2CCC(C)(C)CC2)C[N+]1(C)C(=O)[C@@H]1CN(C(C)(C)C)C[C@H]1c1ccc(F)cc1F. The van der Waals surface area contributed by atoms with E-state index >= 15 is 4.39 Å². The van der Waals surface area contributed by atoms with E-state index in [0.29, 0.717) is 43.8 Å². The van der Waals surface area contributed by atoms with Crippen LogP contribution >= 0.6 is 0 Å². The lowest BCUT2D eigenvalue weighted by atomic mass is 9.75. The van der Waals surface area contributed by atoms with Crippen molar-refractivity contribution in [2.24, 2.45) is 11.3 Å². The van der Waals surface area contributed by atoms with Crippen molar-refractivity contribution in [1.29, 1.82) is 0 Å². The van der Waals surface area contributed by atoms with Crippen LogP contribution in [0.15, 0.2) is 29.8 Å². The van der Waals surface area contributed by atoms with Gasteiger partial charge in [-0.05, 0) is 69.6 Å². The van der Waals surface area contributed by atoms with Crippen molar-refractivity contribution in [3.8, 4) is 0 Å². The van der Waals surface area contributed by atoms with Crippen molar-refractivity contribution in [2.45, 2.75) is 96.3 Å². The molecule has 8 nitrogen and oxygen atoms in total. The molecule has 4 aliphatic rings. The number of ether oxygens (including phenoxy) is 1. The van der Waals surface area contributed by atoms with Crippen LogP contribution in [0.3, 0.4) is 0 Å². The maximum absolute atomic E-state index is 15.3. The number of hydrogen-bond acceptors (Lipinski definition) is 5. The number of carbonyl (C=O) groups is 3. The highest BCUT2D eigenvalue weighted by Gasteiger charge is 2.59. The highest BCUT2D eigenvalue weighted by atomic mass is 19.1. The highest BCUT2D eigenvalue weighted by molar-refractivity contribution is 5.95. The van der Waals surface area contributed by atoms with Gasteiger partial charge in [0.1, 0.15) is 18.2 Å². The van der Waals surface area contributed by atoms with Crippen molar-refractivity contribution in [1.82, 2.24) is 15.1 Å². The largest absolute Gasteiger partial charge is 0.372 e. The maximum atomic E-state index is 15.3. The van der Waals surface area contributed by atoms with Gasteiger partial charge in [0.05, 0.1) is 32.2 Å². The molecule has 1 aliphatic carbocycles. The van der Waals surface area contributed by atoms with E-state index in [4.69, 9.17) is 4.74 Å². The number of hydrogen-bond donors (Lipinski definition) is 1. The van der Waals surface area contributed by atoms with Crippen LogP contribution < -0.4 is 5.32 Å². The number of halogens is 2. The molecule has 3 aliphatic heterocycles. The summed E-state index contributed by atoms with van der Waals surface area (Å²) < 4.78 is 34.5. The summed E-state index contributed by atoms with van der Waals surface area (Å²) >= 11 is 0. The van der Waals surface area contributed by atoms with Crippen LogP contribution in [0.2, 0.25) is 0 Å². The molecule has 0 bridgehead atoms. The van der Waals surface area contributed by atoms with Crippen molar-refractivity contribution >= 4 is 17.7 Å². The van der Waals surface area contributed by atoms with Crippen molar-refractivity contribution in [3.05, 3.63) is 47.0 Å². The zero-order chi connectivity index (χ0) is 32.9. The summed E-state index contributed by atoms with van der Waals surface area (Å²) in [6, 6.07) is 2.54. The van der Waals surface area contributed by atoms with Gasteiger partial charge in [-0.3, -0.25) is 19.0 Å². The summed E-state index contributed by atoms with van der Waals surface area (Å²) in [5.74, 6) is -2.91. The molecule has 1 aromatic rings. The second kappa shape index (κ2) is 12.5. The van der Waals surface area contributed by atoms with Crippen LogP contribution in [0.5, 0.6) is 0 Å². The Balaban J connectivity index is 1.51. The predicted molar refractivity (Wildman–Crippen MR) is 168 cm³/mol. The number of amides is 3. The second-order valence-corrected chi connectivity index (χ2v) is 15.6. The molecular formula is C35H51F2N4O4+. The lowest BCUT2D eigenvalue weighted by Crippen LogP contribution is -2.61. The monoisotopic (exact) mass is 629 g/mol. The predicted octanol–water partition coefficient (Wildman–Crippen LogP) is 4.39. The summed E-state index contributed by atoms with van der Waals surface area (Å²) in [5, 5.41) is 2.78. The van der Waals surface area contributed by atoms with Crippen LogP contribution in [0, 0.1) is 23.0 Å². The summed E-state index contributed by atoms with van der Waals surface area (Å²) in [4.78, 5) is 46.8. The van der Waals surface area contributed by atoms with Gasteiger partial charge >= 0.3 is 5.91 Å². The molecule has 248 valence electrons. The van der Waals surface area contributed by atoms with Crippen LogP contribution in [-0.2, 0) is 19.1 Å². The number of quaternary nitrogens is 1. The molecule has 3 amide bonds. The third kappa shape index (κ3) is 6.60. The Labute approximate surface area is 266 Å². The van der Waals surface area contributed by atoms with Gasteiger partial charge in [0.25, 0.3) is 11.8 Å². The molecule has 1 unspecified atom stereocenters. The standard InChI is InChI=1S/C35H50F2N4O4/c1-34(2,3)39-18-27(26-9-8-23(36)16-29(26)37)28(19-39)33(44)41(7)20-25(17-30(41)31(42)38-6)40(32(43)22-12-15-45-21-22)24-10-13-35(4,5)14-11-24/h8-9,12,16,24-25,27-28,30H,10-11,13-15,17-21H2,1-7H3/p+1/t25-,27-,28+,30-,41?/m0/s1. The van der Waals surface area contributed by atoms with Gasteiger partial charge in [-0.1, -0.05) is 19.9 Å². The minimum absolute atomic E-state index is 0.00735. The fraction of sp³-hybridized carbons (Fsp3) is 0.686. The van der Waals surface area contributed by atoms with Crippen molar-refractivity contribution < 1.29 is 32.4 Å². The van der Waals surface area contributed by atoms with E-state index in [9.17, 15) is 18.8 Å². The molecule has 1 aromatic carbocycles. The Hall–Kier alpha value is -2.69. The van der Waals surface area contributed by atoms with E-state index in [-0.39, 0.29) is 51.8 Å². The third-order valence-electron chi connectivity index (χ3n) is 11.1. The van der Waals surface area contributed by atoms with Gasteiger partial charge in [0, 0.05) is 55.7 Å². The first-order chi connectivity index (χ1) is 21.1. The third-order valence-corrected chi connectivity index (χ3v) is 11.1. The topological polar surface area (TPSA) is 79.0 Å². The molecule has 0 radical (unpaired) electrons. The average Bonchev–Trinajstić information content (AvgIpc) is 3.73. The Morgan fingerprint density at radius 2 is 1.78 bits per heavy atom. The molecule has 0 spiro atoms. The molecule has 3 fully saturated rings. The van der Waals surface area contributed by atoms with E-state index in [1.807, 2.05) is 18.0 Å². The quantitative estimate of drug-likeness (QED) is 0.473. The van der Waals surface area contributed by atoms with Crippen molar-refractivity contribution in [2.75, 3.05) is 46.9 Å². The van der Waals surface area contributed by atoms with Gasteiger partial charge in [-0.15, -0.1) is 0 Å². The van der Waals surface area contributed by atoms with Crippen LogP contribution in [-0.4, -0.2) is 103 Å². The van der Waals surface area contributed by atoms with Gasteiger partial charge in [-0.25, -0.2) is 13.6 Å². The molecule has 3 heterocycles. The van der Waals surface area contributed by atoms with Crippen LogP contribution in [0.4, 0.5) is 8.78 Å². The summed E-state index contributed by atoms with van der Waals surface area (Å²) in [6.45, 7) is 12.5. The number of nitrogens with one attached hydrogen (secondary N) is 1. The Morgan fingerprint density at radius 1 is 1.09 bits per heavy atom. The molecular weight excluding hydrogens is 578 g/mol. The summed E-state index contributed by atoms with van der Waals surface area (Å²) in [6.07, 6.45) is 5.90. The normalized spacial score (nSPS) is 30.7. The summed E-state index contributed by atoms with van der Waals surface area (Å²) in [7, 11) is 3.38. The van der Waals surface area contributed by atoms with Gasteiger partial charge in [0.2, 0.25) is 0 Å². The van der Waals surface area contributed by atoms with E-state index < -0.39 is 29.5 Å². The number of carbonyl (C=O) groups excluding carboxylic acids is 3. The Bertz CT molecular complexity index is 1350. The molecule has 1 N–H and O–H groups in total. The molecule has 5 atom stereocenters. The van der Waals surface area contributed by atoms with Crippen LogP contribution in [0.25, 0.3) is 0 Å². The number of nitrogens with zero attached hydrogens (tertiary/aromatic N) is 3. The molecule has 45 heavy (non-hydrogen) atoms. The average molecular weight is 630 g/mol. The fourth-order valence-electron chi connectivity index (χ4n) is 8.20.